The van der Waals surface area contributed by atoms with Gasteiger partial charge >= 0.3 is 0 Å². The zero-order valence-corrected chi connectivity index (χ0v) is 7.59. The highest BCUT2D eigenvalue weighted by molar-refractivity contribution is 9.10. The minimum atomic E-state index is 0.825. The van der Waals surface area contributed by atoms with E-state index in [2.05, 4.69) is 33.2 Å². The van der Waals surface area contributed by atoms with Crippen LogP contribution in [0.4, 0.5) is 5.82 Å². The molecule has 0 bridgehead atoms. The molecule has 1 aliphatic heterocycles. The lowest BCUT2D eigenvalue weighted by Crippen LogP contribution is -1.90. The van der Waals surface area contributed by atoms with Gasteiger partial charge in [-0.05, 0) is 34.5 Å². The van der Waals surface area contributed by atoms with E-state index < -0.39 is 0 Å². The Bertz CT molecular complexity index is 331. The topological polar surface area (TPSA) is 27.0 Å². The number of halogens is 1. The molecule has 0 amide bonds. The van der Waals surface area contributed by atoms with Gasteiger partial charge in [-0.15, -0.1) is 0 Å². The molecule has 2 nitrogen and oxygen atoms in total. The fourth-order valence-electron chi connectivity index (χ4n) is 1.07. The normalized spacial score (nSPS) is 12.9. The largest absolute Gasteiger partial charge is 0.237 e. The summed E-state index contributed by atoms with van der Waals surface area (Å²) in [6, 6.07) is 0. The van der Waals surface area contributed by atoms with Crippen LogP contribution in [0.25, 0.3) is 6.08 Å². The summed E-state index contributed by atoms with van der Waals surface area (Å²) >= 11 is 3.41. The van der Waals surface area contributed by atoms with Crippen molar-refractivity contribution >= 4 is 27.8 Å². The maximum Gasteiger partial charge on any atom is 0.159 e. The van der Waals surface area contributed by atoms with E-state index >= 15 is 0 Å². The van der Waals surface area contributed by atoms with Crippen molar-refractivity contribution < 1.29 is 0 Å². The van der Waals surface area contributed by atoms with E-state index in [0.29, 0.717) is 0 Å². The molecule has 0 fully saturated rings. The predicted octanol–water partition coefficient (Wildman–Crippen LogP) is 2.37. The molecule has 3 heteroatoms. The zero-order chi connectivity index (χ0) is 7.84. The minimum Gasteiger partial charge on any atom is -0.237 e. The van der Waals surface area contributed by atoms with Gasteiger partial charge in [0.1, 0.15) is 0 Å². The Kier molecular flexibility index (Phi) is 1.46. The Labute approximate surface area is 73.5 Å². The fourth-order valence-corrected chi connectivity index (χ4v) is 1.38. The van der Waals surface area contributed by atoms with Crippen LogP contribution in [0.2, 0.25) is 0 Å². The minimum absolute atomic E-state index is 0.825. The van der Waals surface area contributed by atoms with Gasteiger partial charge in [0.05, 0.1) is 0 Å². The van der Waals surface area contributed by atoms with Gasteiger partial charge < -0.3 is 0 Å². The fraction of sp³-hybridized carbons (Fsp3) is 0.125. The second-order valence-corrected chi connectivity index (χ2v) is 3.27. The number of pyridine rings is 1. The highest BCUT2D eigenvalue weighted by Gasteiger charge is 2.11. The molecule has 1 aromatic heterocycles. The van der Waals surface area contributed by atoms with Crippen LogP contribution >= 0.6 is 15.9 Å². The van der Waals surface area contributed by atoms with Gasteiger partial charge in [0.2, 0.25) is 0 Å². The molecule has 1 radical (unpaired) electrons. The Balaban J connectivity index is 2.70. The molecule has 2 heterocycles. The molecule has 0 N–H and O–H groups in total. The van der Waals surface area contributed by atoms with Crippen LogP contribution in [0.3, 0.4) is 0 Å². The number of nitrogens with zero attached hydrogens (tertiary/aromatic N) is 2. The van der Waals surface area contributed by atoms with Crippen molar-refractivity contribution in [1.29, 1.82) is 0 Å². The Morgan fingerprint density at radius 2 is 2.27 bits per heavy atom. The van der Waals surface area contributed by atoms with Crippen LogP contribution in [0.5, 0.6) is 0 Å². The highest BCUT2D eigenvalue weighted by atomic mass is 79.9. The van der Waals surface area contributed by atoms with E-state index in [1.165, 1.54) is 5.56 Å². The average Bonchev–Trinajstić information content (AvgIpc) is 2.45. The van der Waals surface area contributed by atoms with E-state index in [9.17, 15) is 0 Å². The van der Waals surface area contributed by atoms with E-state index in [1.807, 2.05) is 6.08 Å². The van der Waals surface area contributed by atoms with Crippen LogP contribution in [-0.2, 0) is 0 Å². The van der Waals surface area contributed by atoms with Gasteiger partial charge in [0.15, 0.2) is 5.82 Å². The first kappa shape index (κ1) is 6.85. The summed E-state index contributed by atoms with van der Waals surface area (Å²) in [5, 5.41) is 4.09. The number of fused-ring (bicyclic) bond motifs is 1. The molecular weight excluding hydrogens is 204 g/mol. The third-order valence-electron chi connectivity index (χ3n) is 1.74. The van der Waals surface area contributed by atoms with Crippen LogP contribution < -0.4 is 5.32 Å². The summed E-state index contributed by atoms with van der Waals surface area (Å²) < 4.78 is 1.04. The second kappa shape index (κ2) is 2.34. The number of aromatic nitrogens is 1. The molecule has 0 aromatic carbocycles. The van der Waals surface area contributed by atoms with E-state index in [0.717, 1.165) is 15.9 Å². The van der Waals surface area contributed by atoms with Crippen LogP contribution in [0.15, 0.2) is 16.9 Å². The van der Waals surface area contributed by atoms with Crippen LogP contribution in [0.1, 0.15) is 11.1 Å². The molecule has 1 aliphatic rings. The van der Waals surface area contributed by atoms with Gasteiger partial charge in [-0.1, -0.05) is 0 Å². The van der Waals surface area contributed by atoms with Crippen molar-refractivity contribution in [2.75, 3.05) is 0 Å². The molecule has 2 rings (SSSR count). The quantitative estimate of drug-likeness (QED) is 0.645. The standard InChI is InChI=1S/C8H6BrN2/c1-5-6-2-3-10-8(6)11-4-7(5)9/h2-4H,1H3. The third kappa shape index (κ3) is 0.959. The molecule has 11 heavy (non-hydrogen) atoms. The molecule has 0 spiro atoms. The van der Waals surface area contributed by atoms with Crippen molar-refractivity contribution in [2.45, 2.75) is 6.92 Å². The summed E-state index contributed by atoms with van der Waals surface area (Å²) in [4.78, 5) is 4.14. The Hall–Kier alpha value is -0.830. The van der Waals surface area contributed by atoms with E-state index in [-0.39, 0.29) is 0 Å². The number of hydrogen-bond donors (Lipinski definition) is 0. The zero-order valence-electron chi connectivity index (χ0n) is 6.00. The molecule has 0 atom stereocenters. The van der Waals surface area contributed by atoms with Gasteiger partial charge in [-0.2, -0.15) is 0 Å². The molecule has 0 aliphatic carbocycles. The first-order valence-corrected chi connectivity index (χ1v) is 4.11. The molecular formula is C8H6BrN2. The maximum atomic E-state index is 4.14. The lowest BCUT2D eigenvalue weighted by atomic mass is 10.1. The van der Waals surface area contributed by atoms with Crippen molar-refractivity contribution in [3.8, 4) is 0 Å². The molecule has 55 valence electrons. The van der Waals surface area contributed by atoms with E-state index in [1.54, 1.807) is 12.4 Å². The summed E-state index contributed by atoms with van der Waals surface area (Å²) in [6.45, 7) is 2.05. The average molecular weight is 210 g/mol. The van der Waals surface area contributed by atoms with Crippen molar-refractivity contribution in [2.24, 2.45) is 0 Å². The number of hydrogen-bond acceptors (Lipinski definition) is 1. The SMILES string of the molecule is Cc1c(Br)cnc2c1C=C[N]2. The summed E-state index contributed by atoms with van der Waals surface area (Å²) in [6.07, 6.45) is 5.53. The molecule has 0 saturated heterocycles. The summed E-state index contributed by atoms with van der Waals surface area (Å²) in [5.41, 5.74) is 2.33. The first-order valence-electron chi connectivity index (χ1n) is 3.31. The summed E-state index contributed by atoms with van der Waals surface area (Å²) in [5.74, 6) is 0.825. The van der Waals surface area contributed by atoms with Crippen molar-refractivity contribution in [3.63, 3.8) is 0 Å². The van der Waals surface area contributed by atoms with Crippen LogP contribution in [0, 0.1) is 6.92 Å². The van der Waals surface area contributed by atoms with Crippen molar-refractivity contribution in [3.05, 3.63) is 28.0 Å². The maximum absolute atomic E-state index is 4.14. The van der Waals surface area contributed by atoms with Crippen LogP contribution in [-0.4, -0.2) is 4.98 Å². The lowest BCUT2D eigenvalue weighted by molar-refractivity contribution is 1.10. The van der Waals surface area contributed by atoms with Gasteiger partial charge in [0.25, 0.3) is 0 Å². The highest BCUT2D eigenvalue weighted by Crippen LogP contribution is 2.28. The summed E-state index contributed by atoms with van der Waals surface area (Å²) in [7, 11) is 0. The molecule has 0 unspecified atom stereocenters. The Morgan fingerprint density at radius 1 is 1.45 bits per heavy atom. The lowest BCUT2D eigenvalue weighted by Gasteiger charge is -2.01. The Morgan fingerprint density at radius 3 is 3.09 bits per heavy atom. The second-order valence-electron chi connectivity index (χ2n) is 2.41. The monoisotopic (exact) mass is 209 g/mol. The number of rotatable bonds is 0. The van der Waals surface area contributed by atoms with Gasteiger partial charge in [-0.25, -0.2) is 10.3 Å². The van der Waals surface area contributed by atoms with E-state index in [4.69, 9.17) is 0 Å². The van der Waals surface area contributed by atoms with Gasteiger partial charge in [-0.3, -0.25) is 0 Å². The molecule has 0 saturated carbocycles. The third-order valence-corrected chi connectivity index (χ3v) is 2.54. The molecule has 1 aromatic rings. The first-order chi connectivity index (χ1) is 5.29. The van der Waals surface area contributed by atoms with Crippen molar-refractivity contribution in [1.82, 2.24) is 10.3 Å². The van der Waals surface area contributed by atoms with Gasteiger partial charge in [0, 0.05) is 22.4 Å². The smallest absolute Gasteiger partial charge is 0.159 e. The predicted molar refractivity (Wildman–Crippen MR) is 47.5 cm³/mol.